The van der Waals surface area contributed by atoms with Crippen LogP contribution in [0, 0.1) is 5.92 Å². The molecule has 0 amide bonds. The Balaban J connectivity index is 1.95. The summed E-state index contributed by atoms with van der Waals surface area (Å²) in [5, 5.41) is 4.42. The molecule has 1 aliphatic rings. The predicted molar refractivity (Wildman–Crippen MR) is 84.4 cm³/mol. The molecule has 19 heavy (non-hydrogen) atoms. The molecule has 1 saturated carbocycles. The van der Waals surface area contributed by atoms with Gasteiger partial charge in [0.15, 0.2) is 0 Å². The first-order valence-corrected chi connectivity index (χ1v) is 8.57. The fourth-order valence-corrected chi connectivity index (χ4v) is 4.14. The Morgan fingerprint density at radius 2 is 2.16 bits per heavy atom. The van der Waals surface area contributed by atoms with Gasteiger partial charge in [0.2, 0.25) is 0 Å². The van der Waals surface area contributed by atoms with E-state index in [-0.39, 0.29) is 5.54 Å². The molecule has 0 aliphatic heterocycles. The number of nitrogens with two attached hydrogens (primary N) is 1. The van der Waals surface area contributed by atoms with Gasteiger partial charge in [-0.2, -0.15) is 11.3 Å². The molecule has 0 spiro atoms. The lowest BCUT2D eigenvalue weighted by atomic mass is 9.74. The second-order valence-electron chi connectivity index (χ2n) is 6.15. The summed E-state index contributed by atoms with van der Waals surface area (Å²) in [6.07, 6.45) is 7.99. The van der Waals surface area contributed by atoms with E-state index in [4.69, 9.17) is 5.73 Å². The molecule has 0 saturated heterocycles. The molecule has 2 rings (SSSR count). The largest absolute Gasteiger partial charge is 0.329 e. The molecule has 2 nitrogen and oxygen atoms in total. The van der Waals surface area contributed by atoms with Crippen LogP contribution in [-0.2, 0) is 6.54 Å². The van der Waals surface area contributed by atoms with Gasteiger partial charge in [0.05, 0.1) is 0 Å². The maximum absolute atomic E-state index is 6.15. The summed E-state index contributed by atoms with van der Waals surface area (Å²) >= 11 is 1.78. The van der Waals surface area contributed by atoms with Crippen molar-refractivity contribution in [3.63, 3.8) is 0 Å². The summed E-state index contributed by atoms with van der Waals surface area (Å²) in [7, 11) is 2.25. The van der Waals surface area contributed by atoms with Crippen LogP contribution in [0.3, 0.4) is 0 Å². The van der Waals surface area contributed by atoms with E-state index < -0.39 is 0 Å². The van der Waals surface area contributed by atoms with Crippen molar-refractivity contribution in [3.05, 3.63) is 22.4 Å². The first-order chi connectivity index (χ1) is 9.20. The molecule has 1 aromatic heterocycles. The number of likely N-dealkylation sites (N-methyl/N-ethyl adjacent to an activating group) is 1. The number of nitrogens with zero attached hydrogens (tertiary/aromatic N) is 1. The summed E-state index contributed by atoms with van der Waals surface area (Å²) in [5.74, 6) is 0.944. The van der Waals surface area contributed by atoms with Gasteiger partial charge in [-0.1, -0.05) is 19.8 Å². The van der Waals surface area contributed by atoms with E-state index in [2.05, 4.69) is 35.7 Å². The smallest absolute Gasteiger partial charge is 0.0332 e. The molecule has 3 heteroatoms. The van der Waals surface area contributed by atoms with Crippen LogP contribution in [0.2, 0.25) is 0 Å². The Hall–Kier alpha value is -0.380. The molecular weight excluding hydrogens is 252 g/mol. The Morgan fingerprint density at radius 3 is 2.68 bits per heavy atom. The van der Waals surface area contributed by atoms with Crippen LogP contribution in [0.25, 0.3) is 0 Å². The summed E-state index contributed by atoms with van der Waals surface area (Å²) in [6.45, 7) is 4.14. The topological polar surface area (TPSA) is 29.3 Å². The van der Waals surface area contributed by atoms with Gasteiger partial charge in [0, 0.05) is 18.6 Å². The SMILES string of the molecule is CCCC1CCC(CN)(N(C)Cc2ccsc2)CC1. The molecule has 1 fully saturated rings. The Bertz CT molecular complexity index is 353. The van der Waals surface area contributed by atoms with Crippen molar-refractivity contribution in [3.8, 4) is 0 Å². The Labute approximate surface area is 122 Å². The Kier molecular flexibility index (Phi) is 5.43. The second-order valence-corrected chi connectivity index (χ2v) is 6.93. The van der Waals surface area contributed by atoms with E-state index in [9.17, 15) is 0 Å². The van der Waals surface area contributed by atoms with E-state index in [1.807, 2.05) is 0 Å². The van der Waals surface area contributed by atoms with E-state index in [0.717, 1.165) is 19.0 Å². The zero-order chi connectivity index (χ0) is 13.7. The van der Waals surface area contributed by atoms with Crippen LogP contribution in [-0.4, -0.2) is 24.0 Å². The summed E-state index contributed by atoms with van der Waals surface area (Å²) in [4.78, 5) is 2.51. The molecule has 2 N–H and O–H groups in total. The van der Waals surface area contributed by atoms with Gasteiger partial charge >= 0.3 is 0 Å². The van der Waals surface area contributed by atoms with Crippen LogP contribution < -0.4 is 5.73 Å². The van der Waals surface area contributed by atoms with E-state index in [1.54, 1.807) is 11.3 Å². The maximum Gasteiger partial charge on any atom is 0.0332 e. The molecule has 1 heterocycles. The van der Waals surface area contributed by atoms with Gasteiger partial charge in [0.25, 0.3) is 0 Å². The first kappa shape index (κ1) is 15.0. The number of rotatable bonds is 6. The van der Waals surface area contributed by atoms with Crippen LogP contribution in [0.5, 0.6) is 0 Å². The number of hydrogen-bond donors (Lipinski definition) is 1. The van der Waals surface area contributed by atoms with Gasteiger partial charge in [-0.3, -0.25) is 4.90 Å². The van der Waals surface area contributed by atoms with Gasteiger partial charge in [0.1, 0.15) is 0 Å². The fourth-order valence-electron chi connectivity index (χ4n) is 3.48. The van der Waals surface area contributed by atoms with Gasteiger partial charge in [-0.05, 0) is 61.0 Å². The highest BCUT2D eigenvalue weighted by atomic mass is 32.1. The van der Waals surface area contributed by atoms with Crippen LogP contribution in [0.15, 0.2) is 16.8 Å². The third-order valence-electron chi connectivity index (χ3n) is 4.92. The highest BCUT2D eigenvalue weighted by Gasteiger charge is 2.37. The average molecular weight is 280 g/mol. The van der Waals surface area contributed by atoms with Crippen molar-refractivity contribution in [1.82, 2.24) is 4.90 Å². The third kappa shape index (κ3) is 3.59. The molecular formula is C16H28N2S. The standard InChI is InChI=1S/C16H28N2S/c1-3-4-14-5-8-16(13-17,9-6-14)18(2)11-15-7-10-19-12-15/h7,10,12,14H,3-6,8-9,11,13,17H2,1-2H3. The molecule has 0 atom stereocenters. The van der Waals surface area contributed by atoms with Crippen molar-refractivity contribution in [2.45, 2.75) is 57.5 Å². The van der Waals surface area contributed by atoms with Crippen LogP contribution >= 0.6 is 11.3 Å². The van der Waals surface area contributed by atoms with Crippen LogP contribution in [0.4, 0.5) is 0 Å². The predicted octanol–water partition coefficient (Wildman–Crippen LogP) is 3.87. The quantitative estimate of drug-likeness (QED) is 0.857. The van der Waals surface area contributed by atoms with Crippen molar-refractivity contribution in [2.24, 2.45) is 11.7 Å². The molecule has 0 unspecified atom stereocenters. The van der Waals surface area contributed by atoms with Gasteiger partial charge < -0.3 is 5.73 Å². The molecule has 1 aliphatic carbocycles. The molecule has 0 radical (unpaired) electrons. The fraction of sp³-hybridized carbons (Fsp3) is 0.750. The van der Waals surface area contributed by atoms with Gasteiger partial charge in [-0.15, -0.1) is 0 Å². The number of hydrogen-bond acceptors (Lipinski definition) is 3. The lowest BCUT2D eigenvalue weighted by Gasteiger charge is -2.46. The minimum absolute atomic E-state index is 0.242. The van der Waals surface area contributed by atoms with Crippen molar-refractivity contribution < 1.29 is 0 Å². The molecule has 0 bridgehead atoms. The van der Waals surface area contributed by atoms with Crippen molar-refractivity contribution in [1.29, 1.82) is 0 Å². The minimum atomic E-state index is 0.242. The highest BCUT2D eigenvalue weighted by Crippen LogP contribution is 2.37. The zero-order valence-electron chi connectivity index (χ0n) is 12.4. The summed E-state index contributed by atoms with van der Waals surface area (Å²) < 4.78 is 0. The van der Waals surface area contributed by atoms with Crippen molar-refractivity contribution in [2.75, 3.05) is 13.6 Å². The third-order valence-corrected chi connectivity index (χ3v) is 5.65. The highest BCUT2D eigenvalue weighted by molar-refractivity contribution is 7.07. The van der Waals surface area contributed by atoms with Crippen LogP contribution in [0.1, 0.15) is 51.0 Å². The summed E-state index contributed by atoms with van der Waals surface area (Å²) in [6, 6.07) is 2.23. The molecule has 1 aromatic rings. The zero-order valence-corrected chi connectivity index (χ0v) is 13.2. The maximum atomic E-state index is 6.15. The summed E-state index contributed by atoms with van der Waals surface area (Å²) in [5.41, 5.74) is 7.82. The molecule has 108 valence electrons. The monoisotopic (exact) mass is 280 g/mol. The molecule has 0 aromatic carbocycles. The average Bonchev–Trinajstić information content (AvgIpc) is 2.93. The lowest BCUT2D eigenvalue weighted by molar-refractivity contribution is 0.0570. The van der Waals surface area contributed by atoms with E-state index in [0.29, 0.717) is 0 Å². The normalized spacial score (nSPS) is 27.9. The van der Waals surface area contributed by atoms with Crippen molar-refractivity contribution >= 4 is 11.3 Å². The lowest BCUT2D eigenvalue weighted by Crippen LogP contribution is -2.53. The minimum Gasteiger partial charge on any atom is -0.329 e. The van der Waals surface area contributed by atoms with E-state index in [1.165, 1.54) is 44.1 Å². The first-order valence-electron chi connectivity index (χ1n) is 7.62. The van der Waals surface area contributed by atoms with Gasteiger partial charge in [-0.25, -0.2) is 0 Å². The van der Waals surface area contributed by atoms with E-state index >= 15 is 0 Å². The number of thiophene rings is 1. The Morgan fingerprint density at radius 1 is 1.42 bits per heavy atom. The second kappa shape index (κ2) is 6.87.